The first kappa shape index (κ1) is 82.5. The van der Waals surface area contributed by atoms with E-state index in [4.69, 9.17) is 0 Å². The maximum Gasteiger partial charge on any atom is 0.249 e. The van der Waals surface area contributed by atoms with E-state index in [1.54, 1.807) is 0 Å². The van der Waals surface area contributed by atoms with Crippen molar-refractivity contribution in [1.82, 2.24) is 18.3 Å². The van der Waals surface area contributed by atoms with Crippen LogP contribution >= 0.6 is 31.2 Å². The van der Waals surface area contributed by atoms with Gasteiger partial charge >= 0.3 is 132 Å². The molecule has 0 saturated heterocycles. The summed E-state index contributed by atoms with van der Waals surface area (Å²) in [5.74, 6) is 0.667. The Morgan fingerprint density at radius 1 is 0.261 bits per heavy atom. The minimum atomic E-state index is -10.7. The van der Waals surface area contributed by atoms with Gasteiger partial charge in [0.1, 0.15) is 122 Å². The van der Waals surface area contributed by atoms with Gasteiger partial charge in [-0.2, -0.15) is 0 Å². The van der Waals surface area contributed by atoms with Crippen molar-refractivity contribution in [2.24, 2.45) is 0 Å². The SMILES string of the molecule is CC(C)=O.CC(C)=O.CC(C)=O.CC(C)=O.F[P-](F)(F)(F)(F)F.F[P-](F)(F)(F)(F)F.F[P-](F)(F)(F)(F)F.F[P-](F)(F)(F)(F)F.c1cc2ccc1C[n+]1ccn(c1)-c1ccc(cc1)-n1cc[n+](c1)Cc1ccc(cc1)C[n+]1ccn(c1)-c1ccc(cc1)-n1cc[n+](c1)C2. The fourth-order valence-electron chi connectivity index (χ4n) is 6.50. The number of halogens is 24. The topological polar surface area (TPSA) is 104 Å². The molecule has 10 aliphatic rings. The predicted molar refractivity (Wildman–Crippen MR) is 300 cm³/mol. The zero-order chi connectivity index (χ0) is 71.8. The molecule has 8 aromatic rings. The fraction of sp³-hybridized carbons (Fsp3) is 0.231. The molecular weight excluding hydrogens is 1380 g/mol. The number of carbonyl (C=O) groups is 4. The summed E-state index contributed by atoms with van der Waals surface area (Å²) in [6.07, 6.45) is 25.6. The number of aromatic nitrogens is 8. The molecule has 10 aliphatic heterocycles. The van der Waals surface area contributed by atoms with Gasteiger partial charge in [0.05, 0.1) is 0 Å². The summed E-state index contributed by atoms with van der Waals surface area (Å²) in [6.45, 7) is 15.5. The number of imidazole rings is 4. The average Bonchev–Trinajstić information content (AvgIpc) is 1.06. The zero-order valence-corrected chi connectivity index (χ0v) is 52.6. The number of hydrogen-bond donors (Lipinski definition) is 0. The third-order valence-corrected chi connectivity index (χ3v) is 9.16. The van der Waals surface area contributed by atoms with Crippen molar-refractivity contribution in [2.75, 3.05) is 0 Å². The second-order valence-electron chi connectivity index (χ2n) is 20.1. The number of benzene rings is 4. The van der Waals surface area contributed by atoms with E-state index >= 15 is 0 Å². The first-order chi connectivity index (χ1) is 40.4. The Morgan fingerprint density at radius 3 is 0.478 bits per heavy atom. The van der Waals surface area contributed by atoms with Crippen LogP contribution in [-0.4, -0.2) is 41.4 Å². The molecule has 520 valence electrons. The Bertz CT molecular complexity index is 3210. The first-order valence-corrected chi connectivity index (χ1v) is 33.3. The molecular formula is C52H60F24N8O4P4. The molecule has 18 rings (SSSR count). The van der Waals surface area contributed by atoms with E-state index in [2.05, 4.69) is 208 Å². The number of Topliss-reactive ketones (excluding diaryl/α,β-unsaturated/α-hetero) is 4. The number of rotatable bonds is 0. The van der Waals surface area contributed by atoms with E-state index in [-0.39, 0.29) is 23.1 Å². The van der Waals surface area contributed by atoms with E-state index in [0.29, 0.717) is 0 Å². The van der Waals surface area contributed by atoms with Crippen LogP contribution in [0.15, 0.2) is 172 Å². The summed E-state index contributed by atoms with van der Waals surface area (Å²) < 4.78 is 254. The second-order valence-corrected chi connectivity index (χ2v) is 27.8. The Balaban J connectivity index is 0.000000778. The molecule has 0 atom stereocenters. The van der Waals surface area contributed by atoms with Crippen LogP contribution in [0.25, 0.3) is 22.7 Å². The van der Waals surface area contributed by atoms with Gasteiger partial charge in [-0.25, -0.2) is 36.5 Å². The molecule has 0 saturated carbocycles. The summed E-state index contributed by atoms with van der Waals surface area (Å²) >= 11 is 0. The van der Waals surface area contributed by atoms with Gasteiger partial charge < -0.3 is 19.2 Å². The van der Waals surface area contributed by atoms with Crippen LogP contribution in [0.2, 0.25) is 0 Å². The van der Waals surface area contributed by atoms with Crippen LogP contribution in [0.1, 0.15) is 77.6 Å². The fourth-order valence-corrected chi connectivity index (χ4v) is 6.50. The van der Waals surface area contributed by atoms with E-state index in [1.165, 1.54) is 77.6 Å². The molecule has 0 aliphatic carbocycles. The van der Waals surface area contributed by atoms with E-state index in [0.717, 1.165) is 48.9 Å². The summed E-state index contributed by atoms with van der Waals surface area (Å²) in [5.41, 5.74) is 9.63. The van der Waals surface area contributed by atoms with Gasteiger partial charge in [0, 0.05) is 0 Å². The average molecular weight is 1440 g/mol. The van der Waals surface area contributed by atoms with Crippen molar-refractivity contribution in [1.29, 1.82) is 0 Å². The van der Waals surface area contributed by atoms with Crippen LogP contribution in [0.5, 0.6) is 0 Å². The monoisotopic (exact) mass is 1440 g/mol. The first-order valence-electron chi connectivity index (χ1n) is 25.2. The van der Waals surface area contributed by atoms with Gasteiger partial charge in [-0.15, -0.1) is 0 Å². The van der Waals surface area contributed by atoms with E-state index < -0.39 is 31.2 Å². The van der Waals surface area contributed by atoms with Gasteiger partial charge in [0.25, 0.3) is 0 Å². The molecule has 0 amide bonds. The molecule has 0 unspecified atom stereocenters. The number of nitrogens with zero attached hydrogens (tertiary/aromatic N) is 8. The standard InChI is InChI=1S/C40H36N8.4C3H6O.4F6P/c1-2-34-4-3-33(1)25-41-17-21-45(29-41)37-9-11-39(12-10-37)47-23-19-43(31-47)27-35-5-7-36(8-6-35)28-44-20-24-48(32-44)40-15-13-38(14-16-40)46-22-18-42(26-34)30-46;4*1-3(2)4;4*1-7(2,3,4,5)6/h1-24,29-32H,25-28H2;4*1-2H3;;;;/q+4;;;;;4*-1. The van der Waals surface area contributed by atoms with Gasteiger partial charge in [-0.1, -0.05) is 48.5 Å². The largest absolute Gasteiger partial charge is 0.249 e. The molecule has 0 spiro atoms. The quantitative estimate of drug-likeness (QED) is 0.0857. The molecule has 4 aromatic carbocycles. The van der Waals surface area contributed by atoms with E-state index in [1.807, 2.05) is 0 Å². The van der Waals surface area contributed by atoms with Gasteiger partial charge in [0.2, 0.25) is 25.3 Å². The predicted octanol–water partition coefficient (Wildman–Crippen LogP) is 20.4. The minimum Gasteiger partial charge on any atom is -0.232 e. The molecule has 92 heavy (non-hydrogen) atoms. The van der Waals surface area contributed by atoms with E-state index in [9.17, 15) is 120 Å². The summed E-state index contributed by atoms with van der Waals surface area (Å²) in [7, 11) is -42.6. The maximum absolute atomic E-state index is 10.7. The van der Waals surface area contributed by atoms with Crippen LogP contribution in [0.4, 0.5) is 101 Å². The Labute approximate surface area is 508 Å². The number of carbonyl (C=O) groups excluding carboxylic acids is 4. The molecule has 12 nitrogen and oxygen atoms in total. The van der Waals surface area contributed by atoms with Crippen molar-refractivity contribution >= 4 is 54.4 Å². The normalized spacial score (nSPS) is 14.8. The Morgan fingerprint density at radius 2 is 0.370 bits per heavy atom. The molecule has 16 bridgehead atoms. The van der Waals surface area contributed by atoms with Crippen LogP contribution < -0.4 is 18.3 Å². The summed E-state index contributed by atoms with van der Waals surface area (Å²) in [6, 6.07) is 35.2. The third kappa shape index (κ3) is 54.2. The van der Waals surface area contributed by atoms with Crippen molar-refractivity contribution in [3.63, 3.8) is 0 Å². The molecule has 40 heteroatoms. The van der Waals surface area contributed by atoms with Crippen molar-refractivity contribution in [2.45, 2.75) is 81.6 Å². The molecule has 0 radical (unpaired) electrons. The van der Waals surface area contributed by atoms with Gasteiger partial charge in [0.15, 0.2) is 0 Å². The minimum absolute atomic E-state index is 0.167. The van der Waals surface area contributed by atoms with Gasteiger partial charge in [-0.05, 0) is 126 Å². The maximum atomic E-state index is 9.87. The summed E-state index contributed by atoms with van der Waals surface area (Å²) in [4.78, 5) is 37.8. The molecule has 0 N–H and O–H groups in total. The number of hydrogen-bond acceptors (Lipinski definition) is 4. The van der Waals surface area contributed by atoms with Crippen molar-refractivity contribution in [3.8, 4) is 22.7 Å². The molecule has 4 aromatic heterocycles. The van der Waals surface area contributed by atoms with Crippen molar-refractivity contribution in [3.05, 3.63) is 194 Å². The van der Waals surface area contributed by atoms with Crippen LogP contribution in [0, 0.1) is 0 Å². The van der Waals surface area contributed by atoms with Crippen molar-refractivity contribution < 1.29 is 138 Å². The van der Waals surface area contributed by atoms with Crippen LogP contribution in [-0.2, 0) is 45.4 Å². The number of ketones is 4. The molecule has 14 heterocycles. The summed E-state index contributed by atoms with van der Waals surface area (Å²) in [5, 5.41) is 0. The molecule has 0 fully saturated rings. The Hall–Kier alpha value is -7.56. The van der Waals surface area contributed by atoms with Gasteiger partial charge in [-0.3, -0.25) is 0 Å². The van der Waals surface area contributed by atoms with Crippen LogP contribution in [0.3, 0.4) is 0 Å². The Kier molecular flexibility index (Phi) is 24.4. The second kappa shape index (κ2) is 27.2. The zero-order valence-electron chi connectivity index (χ0n) is 49.1. The smallest absolute Gasteiger partial charge is 0.232 e. The third-order valence-electron chi connectivity index (χ3n) is 9.16.